The predicted octanol–water partition coefficient (Wildman–Crippen LogP) is 6.17. The molecule has 1 saturated heterocycles. The molecule has 6 rings (SSSR count). The van der Waals surface area contributed by atoms with Crippen molar-refractivity contribution in [3.05, 3.63) is 95.7 Å². The minimum atomic E-state index is 0.0150. The Balaban J connectivity index is 1.12. The van der Waals surface area contributed by atoms with Crippen molar-refractivity contribution in [2.24, 2.45) is 0 Å². The van der Waals surface area contributed by atoms with Crippen molar-refractivity contribution < 1.29 is 4.79 Å². The van der Waals surface area contributed by atoms with Gasteiger partial charge in [0.2, 0.25) is 0 Å². The average Bonchev–Trinajstić information content (AvgIpc) is 3.48. The van der Waals surface area contributed by atoms with Crippen LogP contribution in [0.2, 0.25) is 0 Å². The molecule has 5 nitrogen and oxygen atoms in total. The molecular formula is C30H30N4OS. The number of nitrogens with zero attached hydrogens (tertiary/aromatic N) is 3. The summed E-state index contributed by atoms with van der Waals surface area (Å²) in [6.07, 6.45) is 5.09. The number of benzene rings is 3. The van der Waals surface area contributed by atoms with E-state index in [0.29, 0.717) is 5.56 Å². The summed E-state index contributed by atoms with van der Waals surface area (Å²) >= 11 is 1.63. The lowest BCUT2D eigenvalue weighted by atomic mass is 10.0. The Bertz CT molecular complexity index is 1500. The minimum absolute atomic E-state index is 0.0150. The normalized spacial score (nSPS) is 15.0. The molecule has 0 radical (unpaired) electrons. The van der Waals surface area contributed by atoms with Crippen LogP contribution in [0.4, 0.5) is 0 Å². The molecule has 1 N–H and O–H groups in total. The van der Waals surface area contributed by atoms with E-state index in [1.54, 1.807) is 11.3 Å². The molecule has 0 atom stereocenters. The maximum absolute atomic E-state index is 13.0. The molecule has 3 heterocycles. The zero-order valence-electron chi connectivity index (χ0n) is 20.5. The molecule has 5 aromatic rings. The van der Waals surface area contributed by atoms with Crippen LogP contribution >= 0.6 is 11.3 Å². The second-order valence-corrected chi connectivity index (χ2v) is 10.6. The average molecular weight is 495 g/mol. The third-order valence-corrected chi connectivity index (χ3v) is 8.20. The first kappa shape index (κ1) is 23.0. The van der Waals surface area contributed by atoms with Gasteiger partial charge >= 0.3 is 0 Å². The number of carbonyl (C=O) groups is 1. The Morgan fingerprint density at radius 1 is 1.00 bits per heavy atom. The van der Waals surface area contributed by atoms with Crippen molar-refractivity contribution in [2.75, 3.05) is 13.1 Å². The Morgan fingerprint density at radius 2 is 1.78 bits per heavy atom. The van der Waals surface area contributed by atoms with Gasteiger partial charge in [-0.3, -0.25) is 14.1 Å². The molecule has 182 valence electrons. The van der Waals surface area contributed by atoms with Crippen molar-refractivity contribution in [2.45, 2.75) is 38.8 Å². The van der Waals surface area contributed by atoms with E-state index in [9.17, 15) is 4.79 Å². The summed E-state index contributed by atoms with van der Waals surface area (Å²) in [5.74, 6) is 0.0150. The lowest BCUT2D eigenvalue weighted by molar-refractivity contribution is 0.0909. The summed E-state index contributed by atoms with van der Waals surface area (Å²) in [6.45, 7) is 5.15. The molecule has 3 aromatic carbocycles. The summed E-state index contributed by atoms with van der Waals surface area (Å²) in [5.41, 5.74) is 6.58. The molecule has 2 aromatic heterocycles. The Morgan fingerprint density at radius 3 is 2.53 bits per heavy atom. The predicted molar refractivity (Wildman–Crippen MR) is 148 cm³/mol. The molecule has 1 fully saturated rings. The zero-order valence-corrected chi connectivity index (χ0v) is 21.3. The summed E-state index contributed by atoms with van der Waals surface area (Å²) in [4.78, 5) is 21.3. The number of piperidine rings is 1. The number of fused-ring (bicyclic) bond motifs is 3. The van der Waals surface area contributed by atoms with Crippen LogP contribution in [0.3, 0.4) is 0 Å². The van der Waals surface area contributed by atoms with Crippen LogP contribution in [-0.2, 0) is 13.0 Å². The van der Waals surface area contributed by atoms with E-state index in [-0.39, 0.29) is 11.9 Å². The molecule has 1 aliphatic heterocycles. The van der Waals surface area contributed by atoms with E-state index in [0.717, 1.165) is 65.3 Å². The largest absolute Gasteiger partial charge is 0.349 e. The molecule has 1 amide bonds. The summed E-state index contributed by atoms with van der Waals surface area (Å²) in [7, 11) is 0. The molecule has 0 aliphatic carbocycles. The lowest BCUT2D eigenvalue weighted by Crippen LogP contribution is -2.44. The highest BCUT2D eigenvalue weighted by atomic mass is 32.1. The van der Waals surface area contributed by atoms with Crippen molar-refractivity contribution in [3.8, 4) is 11.3 Å². The summed E-state index contributed by atoms with van der Waals surface area (Å²) in [6, 6.07) is 25.4. The van der Waals surface area contributed by atoms with E-state index in [2.05, 4.69) is 82.3 Å². The fourth-order valence-corrected chi connectivity index (χ4v) is 6.09. The van der Waals surface area contributed by atoms with Gasteiger partial charge in [-0.1, -0.05) is 72.9 Å². The molecule has 0 unspecified atom stereocenters. The van der Waals surface area contributed by atoms with Gasteiger partial charge in [0.1, 0.15) is 0 Å². The molecule has 6 heteroatoms. The quantitative estimate of drug-likeness (QED) is 0.307. The monoisotopic (exact) mass is 494 g/mol. The van der Waals surface area contributed by atoms with Crippen molar-refractivity contribution in [1.82, 2.24) is 19.6 Å². The van der Waals surface area contributed by atoms with Gasteiger partial charge in [-0.05, 0) is 48.6 Å². The highest BCUT2D eigenvalue weighted by Crippen LogP contribution is 2.30. The van der Waals surface area contributed by atoms with Crippen LogP contribution in [0.1, 0.15) is 41.3 Å². The van der Waals surface area contributed by atoms with Gasteiger partial charge in [0.05, 0.1) is 15.9 Å². The van der Waals surface area contributed by atoms with Crippen LogP contribution in [0.5, 0.6) is 0 Å². The number of carbonyl (C=O) groups excluding carboxylic acids is 1. The Kier molecular flexibility index (Phi) is 6.30. The van der Waals surface area contributed by atoms with Crippen LogP contribution < -0.4 is 5.32 Å². The third-order valence-electron chi connectivity index (χ3n) is 7.19. The van der Waals surface area contributed by atoms with Gasteiger partial charge < -0.3 is 5.32 Å². The number of aryl methyl sites for hydroxylation is 1. The van der Waals surface area contributed by atoms with Crippen LogP contribution in [0, 0.1) is 0 Å². The number of hydrogen-bond donors (Lipinski definition) is 1. The molecule has 0 saturated carbocycles. The van der Waals surface area contributed by atoms with Gasteiger partial charge in [-0.2, -0.15) is 0 Å². The standard InChI is InChI=1S/C30H30N4OS/c1-2-21-8-10-23(11-9-21)26-20-34-27-13-12-24(18-28(27)36-30(34)32-26)29(35)31-25-14-16-33(17-15-25)19-22-6-4-3-5-7-22/h3-13,18,20,25H,2,14-17,19H2,1H3,(H,31,35). The van der Waals surface area contributed by atoms with E-state index in [1.165, 1.54) is 11.1 Å². The molecule has 36 heavy (non-hydrogen) atoms. The van der Waals surface area contributed by atoms with Gasteiger partial charge in [-0.25, -0.2) is 4.98 Å². The molecular weight excluding hydrogens is 464 g/mol. The Hall–Kier alpha value is -3.48. The fraction of sp³-hybridized carbons (Fsp3) is 0.267. The van der Waals surface area contributed by atoms with Crippen LogP contribution in [0.15, 0.2) is 79.0 Å². The molecule has 1 aliphatic rings. The first-order valence-electron chi connectivity index (χ1n) is 12.7. The SMILES string of the molecule is CCc1ccc(-c2cn3c(n2)sc2cc(C(=O)NC4CCN(Cc5ccccc5)CC4)ccc23)cc1. The minimum Gasteiger partial charge on any atom is -0.349 e. The lowest BCUT2D eigenvalue weighted by Gasteiger charge is -2.32. The van der Waals surface area contributed by atoms with Crippen LogP contribution in [0.25, 0.3) is 26.4 Å². The topological polar surface area (TPSA) is 49.6 Å². The highest BCUT2D eigenvalue weighted by molar-refractivity contribution is 7.23. The first-order valence-corrected chi connectivity index (χ1v) is 13.6. The number of nitrogens with one attached hydrogen (secondary N) is 1. The smallest absolute Gasteiger partial charge is 0.251 e. The van der Waals surface area contributed by atoms with Crippen molar-refractivity contribution in [3.63, 3.8) is 0 Å². The Labute approximate surface area is 215 Å². The second kappa shape index (κ2) is 9.88. The van der Waals surface area contributed by atoms with Gasteiger partial charge in [-0.15, -0.1) is 0 Å². The molecule has 0 bridgehead atoms. The number of thiazole rings is 1. The number of aromatic nitrogens is 2. The van der Waals surface area contributed by atoms with Gasteiger partial charge in [0, 0.05) is 43.0 Å². The van der Waals surface area contributed by atoms with Gasteiger partial charge in [0.15, 0.2) is 4.96 Å². The van der Waals surface area contributed by atoms with E-state index < -0.39 is 0 Å². The van der Waals surface area contributed by atoms with E-state index >= 15 is 0 Å². The second-order valence-electron chi connectivity index (χ2n) is 9.62. The number of rotatable bonds is 6. The van der Waals surface area contributed by atoms with Crippen LogP contribution in [-0.4, -0.2) is 39.3 Å². The maximum atomic E-state index is 13.0. The van der Waals surface area contributed by atoms with E-state index in [1.807, 2.05) is 18.2 Å². The fourth-order valence-electron chi connectivity index (χ4n) is 5.04. The summed E-state index contributed by atoms with van der Waals surface area (Å²) < 4.78 is 3.21. The molecule has 0 spiro atoms. The first-order chi connectivity index (χ1) is 17.7. The van der Waals surface area contributed by atoms with Crippen molar-refractivity contribution in [1.29, 1.82) is 0 Å². The number of likely N-dealkylation sites (tertiary alicyclic amines) is 1. The van der Waals surface area contributed by atoms with Crippen molar-refractivity contribution >= 4 is 32.4 Å². The highest BCUT2D eigenvalue weighted by Gasteiger charge is 2.22. The van der Waals surface area contributed by atoms with E-state index in [4.69, 9.17) is 4.98 Å². The summed E-state index contributed by atoms with van der Waals surface area (Å²) in [5, 5.41) is 3.27. The number of imidazole rings is 1. The maximum Gasteiger partial charge on any atom is 0.251 e. The number of hydrogen-bond acceptors (Lipinski definition) is 4. The van der Waals surface area contributed by atoms with Gasteiger partial charge in [0.25, 0.3) is 5.91 Å². The third kappa shape index (κ3) is 4.66. The number of amides is 1. The zero-order chi connectivity index (χ0) is 24.5.